The molecule has 0 amide bonds. The number of carbonyl (C=O) groups is 1. The molecule has 4 atom stereocenters. The minimum absolute atomic E-state index is 0.0216. The highest BCUT2D eigenvalue weighted by molar-refractivity contribution is 7.91. The maximum absolute atomic E-state index is 12.7. The second-order valence-corrected chi connectivity index (χ2v) is 9.42. The molecule has 1 saturated heterocycles. The van der Waals surface area contributed by atoms with E-state index < -0.39 is 21.0 Å². The van der Waals surface area contributed by atoms with Crippen molar-refractivity contribution in [2.24, 2.45) is 5.92 Å². The number of ether oxygens (including phenoxy) is 1. The highest BCUT2D eigenvalue weighted by atomic mass is 32.2. The van der Waals surface area contributed by atoms with Gasteiger partial charge in [0, 0.05) is 6.92 Å². The lowest BCUT2D eigenvalue weighted by molar-refractivity contribution is -0.441. The van der Waals surface area contributed by atoms with E-state index in [1.54, 1.807) is 37.3 Å². The van der Waals surface area contributed by atoms with Crippen molar-refractivity contribution in [1.29, 1.82) is 0 Å². The zero-order chi connectivity index (χ0) is 18.3. The predicted molar refractivity (Wildman–Crippen MR) is 90.4 cm³/mol. The Labute approximate surface area is 148 Å². The van der Waals surface area contributed by atoms with Crippen LogP contribution in [0.5, 0.6) is 0 Å². The smallest absolute Gasteiger partial charge is 0.303 e. The van der Waals surface area contributed by atoms with Crippen molar-refractivity contribution in [3.8, 4) is 0 Å². The van der Waals surface area contributed by atoms with Gasteiger partial charge < -0.3 is 4.74 Å². The Kier molecular flexibility index (Phi) is 4.68. The van der Waals surface area contributed by atoms with Crippen LogP contribution in [-0.2, 0) is 29.1 Å². The van der Waals surface area contributed by atoms with Gasteiger partial charge >= 0.3 is 5.97 Å². The molecule has 2 bridgehead atoms. The van der Waals surface area contributed by atoms with Crippen molar-refractivity contribution in [1.82, 2.24) is 0 Å². The lowest BCUT2D eigenvalue weighted by Gasteiger charge is -2.51. The summed E-state index contributed by atoms with van der Waals surface area (Å²) in [6, 6.07) is 8.36. The van der Waals surface area contributed by atoms with Crippen molar-refractivity contribution in [2.45, 2.75) is 62.2 Å². The number of hydrogen-bond donors (Lipinski definition) is 0. The summed E-state index contributed by atoms with van der Waals surface area (Å²) >= 11 is 0. The fourth-order valence-electron chi connectivity index (χ4n) is 3.85. The van der Waals surface area contributed by atoms with Crippen molar-refractivity contribution in [3.63, 3.8) is 0 Å². The predicted octanol–water partition coefficient (Wildman–Crippen LogP) is 2.67. The molecule has 0 spiro atoms. The van der Waals surface area contributed by atoms with Gasteiger partial charge in [0.1, 0.15) is 17.3 Å². The Morgan fingerprint density at radius 2 is 1.96 bits per heavy atom. The van der Waals surface area contributed by atoms with Crippen LogP contribution in [0.4, 0.5) is 0 Å². The molecule has 1 aliphatic carbocycles. The molecule has 2 fully saturated rings. The average Bonchev–Trinajstić information content (AvgIpc) is 2.53. The van der Waals surface area contributed by atoms with Gasteiger partial charge in [-0.15, -0.1) is 0 Å². The summed E-state index contributed by atoms with van der Waals surface area (Å²) in [7, 11) is -3.49. The van der Waals surface area contributed by atoms with E-state index in [0.29, 0.717) is 19.3 Å². The molecule has 0 aromatic heterocycles. The van der Waals surface area contributed by atoms with Gasteiger partial charge in [-0.05, 0) is 51.2 Å². The second-order valence-electron chi connectivity index (χ2n) is 7.43. The molecule has 0 N–H and O–H groups in total. The van der Waals surface area contributed by atoms with Gasteiger partial charge in [0.15, 0.2) is 9.84 Å². The molecule has 1 aromatic carbocycles. The summed E-state index contributed by atoms with van der Waals surface area (Å²) in [6.07, 6.45) is 1.55. The van der Waals surface area contributed by atoms with E-state index in [1.165, 1.54) is 6.92 Å². The number of carbonyl (C=O) groups excluding carboxylic acids is 1. The van der Waals surface area contributed by atoms with Crippen molar-refractivity contribution in [3.05, 3.63) is 30.3 Å². The molecule has 1 aromatic rings. The van der Waals surface area contributed by atoms with Gasteiger partial charge in [-0.3, -0.25) is 4.79 Å². The topological polar surface area (TPSA) is 78.9 Å². The van der Waals surface area contributed by atoms with E-state index in [4.69, 9.17) is 14.5 Å². The molecule has 1 aliphatic heterocycles. The van der Waals surface area contributed by atoms with Gasteiger partial charge in [-0.25, -0.2) is 18.2 Å². The van der Waals surface area contributed by atoms with E-state index in [9.17, 15) is 13.2 Å². The van der Waals surface area contributed by atoms with Crippen molar-refractivity contribution in [2.75, 3.05) is 5.75 Å². The fraction of sp³-hybridized carbons (Fsp3) is 0.611. The first-order chi connectivity index (χ1) is 11.6. The first kappa shape index (κ1) is 18.4. The lowest BCUT2D eigenvalue weighted by Crippen LogP contribution is -2.59. The Bertz CT molecular complexity index is 746. The quantitative estimate of drug-likeness (QED) is 0.600. The first-order valence-electron chi connectivity index (χ1n) is 8.46. The normalized spacial score (nSPS) is 35.2. The van der Waals surface area contributed by atoms with Gasteiger partial charge in [-0.2, -0.15) is 0 Å². The first-order valence-corrected chi connectivity index (χ1v) is 10.1. The summed E-state index contributed by atoms with van der Waals surface area (Å²) in [5.74, 6) is -0.482. The Morgan fingerprint density at radius 3 is 2.60 bits per heavy atom. The average molecular weight is 368 g/mol. The molecule has 1 saturated carbocycles. The van der Waals surface area contributed by atoms with Gasteiger partial charge in [0.2, 0.25) is 0 Å². The third kappa shape index (κ3) is 3.59. The monoisotopic (exact) mass is 368 g/mol. The van der Waals surface area contributed by atoms with Crippen LogP contribution in [0.2, 0.25) is 0 Å². The molecule has 2 aliphatic rings. The number of fused-ring (bicyclic) bond motifs is 2. The lowest BCUT2D eigenvalue weighted by atomic mass is 9.71. The summed E-state index contributed by atoms with van der Waals surface area (Å²) < 4.78 is 30.9. The van der Waals surface area contributed by atoms with Gasteiger partial charge in [-0.1, -0.05) is 18.2 Å². The van der Waals surface area contributed by atoms with Crippen LogP contribution in [0.25, 0.3) is 0 Å². The number of esters is 1. The third-order valence-corrected chi connectivity index (χ3v) is 7.29. The summed E-state index contributed by atoms with van der Waals surface area (Å²) in [4.78, 5) is 22.7. The standard InChI is InChI=1S/C18H24O6S/c1-13(19)22-17(2)10-9-14-11-16(17)23-24-18(14,3)12-25(20,21)15-7-5-4-6-8-15/h4-8,14,16H,9-12H2,1-3H3/t14-,16-,17-,18+/m1/s1. The summed E-state index contributed by atoms with van der Waals surface area (Å²) in [6.45, 7) is 4.99. The van der Waals surface area contributed by atoms with Gasteiger partial charge in [0.25, 0.3) is 0 Å². The molecular weight excluding hydrogens is 344 g/mol. The van der Waals surface area contributed by atoms with Crippen LogP contribution in [0.15, 0.2) is 35.2 Å². The number of benzene rings is 1. The summed E-state index contributed by atoms with van der Waals surface area (Å²) in [5.41, 5.74) is -1.66. The molecular formula is C18H24O6S. The highest BCUT2D eigenvalue weighted by Crippen LogP contribution is 2.47. The fourth-order valence-corrected chi connectivity index (χ4v) is 5.63. The van der Waals surface area contributed by atoms with Crippen molar-refractivity contribution >= 4 is 15.8 Å². The van der Waals surface area contributed by atoms with Crippen LogP contribution in [0.1, 0.15) is 40.0 Å². The minimum atomic E-state index is -3.49. The van der Waals surface area contributed by atoms with Crippen LogP contribution >= 0.6 is 0 Å². The Balaban J connectivity index is 1.77. The van der Waals surface area contributed by atoms with Crippen LogP contribution < -0.4 is 0 Å². The van der Waals surface area contributed by atoms with E-state index in [-0.39, 0.29) is 28.6 Å². The number of hydrogen-bond acceptors (Lipinski definition) is 6. The maximum Gasteiger partial charge on any atom is 0.303 e. The minimum Gasteiger partial charge on any atom is -0.457 e. The molecule has 6 nitrogen and oxygen atoms in total. The number of sulfone groups is 1. The zero-order valence-corrected chi connectivity index (χ0v) is 15.5. The summed E-state index contributed by atoms with van der Waals surface area (Å²) in [5, 5.41) is 0. The van der Waals surface area contributed by atoms with Crippen LogP contribution in [-0.4, -0.2) is 37.4 Å². The molecule has 3 rings (SSSR count). The maximum atomic E-state index is 12.7. The third-order valence-electron chi connectivity index (χ3n) is 5.34. The van der Waals surface area contributed by atoms with E-state index in [1.807, 2.05) is 6.92 Å². The zero-order valence-electron chi connectivity index (χ0n) is 14.7. The molecule has 138 valence electrons. The molecule has 1 heterocycles. The van der Waals surface area contributed by atoms with Crippen LogP contribution in [0, 0.1) is 5.92 Å². The van der Waals surface area contributed by atoms with Gasteiger partial charge in [0.05, 0.1) is 10.6 Å². The molecule has 0 unspecified atom stereocenters. The Hall–Kier alpha value is -1.44. The number of rotatable bonds is 4. The Morgan fingerprint density at radius 1 is 1.28 bits per heavy atom. The second kappa shape index (κ2) is 6.37. The molecule has 7 heteroatoms. The van der Waals surface area contributed by atoms with Crippen molar-refractivity contribution < 1.29 is 27.7 Å². The highest BCUT2D eigenvalue weighted by Gasteiger charge is 2.55. The largest absolute Gasteiger partial charge is 0.457 e. The van der Waals surface area contributed by atoms with E-state index in [0.717, 1.165) is 0 Å². The van der Waals surface area contributed by atoms with E-state index >= 15 is 0 Å². The molecule has 25 heavy (non-hydrogen) atoms. The molecule has 0 radical (unpaired) electrons. The SMILES string of the molecule is CC(=O)O[C@]1(C)CC[C@@H]2C[C@H]1OO[C@@]2(C)CS(=O)(=O)c1ccccc1. The van der Waals surface area contributed by atoms with Crippen LogP contribution in [0.3, 0.4) is 0 Å². The van der Waals surface area contributed by atoms with E-state index in [2.05, 4.69) is 0 Å².